The predicted molar refractivity (Wildman–Crippen MR) is 308 cm³/mol. The molecule has 2 unspecified atom stereocenters. The largest absolute Gasteiger partial charge is 0.374 e. The molecule has 11 atom stereocenters. The normalized spacial score (nSPS) is 23.8. The zero-order valence-corrected chi connectivity index (χ0v) is 45.4. The summed E-state index contributed by atoms with van der Waals surface area (Å²) in [5.41, 5.74) is 8.02. The summed E-state index contributed by atoms with van der Waals surface area (Å²) in [6.07, 6.45) is -6.67. The van der Waals surface area contributed by atoms with E-state index < -0.39 is 67.2 Å². The Morgan fingerprint density at radius 1 is 0.287 bits per heavy atom. The zero-order valence-electron chi connectivity index (χ0n) is 45.4. The van der Waals surface area contributed by atoms with Crippen molar-refractivity contribution >= 4 is 0 Å². The standard InChI is InChI=1S/C69H73NO10/c1-71-69-65(76-46-55-34-18-6-19-35-55)60(62(73-43-52-28-12-3-13-29-52)59(80-69)50-72-42-51-26-10-2-11-27-51)70-61-63(74-44-53-30-14-4-15-31-53)66(77-47-56-36-20-7-21-37-56)68(79-49-58-40-24-9-25-41-58)67(78-48-57-38-22-8-23-39-57)64(61)75-45-54-32-16-5-17-33-54/h2-41,59-70H,42-50H2,1H3/t59-,60+,61?,62-,63+,64+,65-,66-,67+,68?,69+/m1/s1. The Balaban J connectivity index is 1.12. The maximum atomic E-state index is 7.45. The Bertz CT molecular complexity index is 2840. The Kier molecular flexibility index (Phi) is 21.4. The molecule has 2 fully saturated rings. The van der Waals surface area contributed by atoms with Crippen LogP contribution >= 0.6 is 0 Å². The molecule has 10 rings (SSSR count). The summed E-state index contributed by atoms with van der Waals surface area (Å²) >= 11 is 0. The van der Waals surface area contributed by atoms with E-state index in [1.54, 1.807) is 7.11 Å². The van der Waals surface area contributed by atoms with Gasteiger partial charge in [0.1, 0.15) is 48.8 Å². The van der Waals surface area contributed by atoms with Gasteiger partial charge in [-0.1, -0.05) is 243 Å². The second-order valence-electron chi connectivity index (χ2n) is 20.3. The van der Waals surface area contributed by atoms with Gasteiger partial charge in [-0.05, 0) is 44.5 Å². The van der Waals surface area contributed by atoms with Gasteiger partial charge in [-0.3, -0.25) is 0 Å². The molecule has 1 N–H and O–H groups in total. The summed E-state index contributed by atoms with van der Waals surface area (Å²) in [6, 6.07) is 80.2. The highest BCUT2D eigenvalue weighted by molar-refractivity contribution is 5.21. The molecule has 1 aliphatic carbocycles. The van der Waals surface area contributed by atoms with E-state index in [0.717, 1.165) is 44.5 Å². The first-order valence-electron chi connectivity index (χ1n) is 27.8. The highest BCUT2D eigenvalue weighted by atomic mass is 16.7. The summed E-state index contributed by atoms with van der Waals surface area (Å²) in [4.78, 5) is 0. The van der Waals surface area contributed by atoms with Crippen LogP contribution in [-0.4, -0.2) is 80.9 Å². The number of nitrogens with one attached hydrogen (secondary N) is 1. The highest BCUT2D eigenvalue weighted by Crippen LogP contribution is 2.38. The van der Waals surface area contributed by atoms with E-state index in [9.17, 15) is 0 Å². The van der Waals surface area contributed by atoms with Crippen LogP contribution < -0.4 is 5.32 Å². The minimum Gasteiger partial charge on any atom is -0.374 e. The second kappa shape index (κ2) is 30.2. The minimum absolute atomic E-state index is 0.186. The number of hydrogen-bond acceptors (Lipinski definition) is 11. The fourth-order valence-corrected chi connectivity index (χ4v) is 10.6. The van der Waals surface area contributed by atoms with Gasteiger partial charge < -0.3 is 52.7 Å². The van der Waals surface area contributed by atoms with Gasteiger partial charge in [0.15, 0.2) is 6.29 Å². The number of benzene rings is 8. The van der Waals surface area contributed by atoms with Gasteiger partial charge in [0.2, 0.25) is 0 Å². The first kappa shape index (κ1) is 56.6. The predicted octanol–water partition coefficient (Wildman–Crippen LogP) is 12.0. The average molecular weight is 1080 g/mol. The third-order valence-electron chi connectivity index (χ3n) is 14.7. The van der Waals surface area contributed by atoms with Crippen LogP contribution in [0.2, 0.25) is 0 Å². The van der Waals surface area contributed by atoms with Crippen LogP contribution in [0.5, 0.6) is 0 Å². The lowest BCUT2D eigenvalue weighted by atomic mass is 9.80. The van der Waals surface area contributed by atoms with Gasteiger partial charge >= 0.3 is 0 Å². The minimum atomic E-state index is -0.869. The summed E-state index contributed by atoms with van der Waals surface area (Å²) in [7, 11) is 1.65. The van der Waals surface area contributed by atoms with Gasteiger partial charge in [0.25, 0.3) is 0 Å². The lowest BCUT2D eigenvalue weighted by molar-refractivity contribution is -0.300. The number of ether oxygens (including phenoxy) is 10. The molecular weight excluding hydrogens is 1000 g/mol. The van der Waals surface area contributed by atoms with Crippen LogP contribution in [-0.2, 0) is 100 Å². The van der Waals surface area contributed by atoms with Crippen LogP contribution in [0.25, 0.3) is 0 Å². The summed E-state index contributed by atoms with van der Waals surface area (Å²) in [6.45, 7) is 2.43. The third kappa shape index (κ3) is 16.0. The van der Waals surface area contributed by atoms with E-state index >= 15 is 0 Å². The number of hydrogen-bond donors (Lipinski definition) is 1. The van der Waals surface area contributed by atoms with Crippen molar-refractivity contribution in [3.63, 3.8) is 0 Å². The molecule has 80 heavy (non-hydrogen) atoms. The molecule has 0 amide bonds. The van der Waals surface area contributed by atoms with E-state index in [-0.39, 0.29) is 52.9 Å². The fourth-order valence-electron chi connectivity index (χ4n) is 10.6. The van der Waals surface area contributed by atoms with Crippen LogP contribution in [0.3, 0.4) is 0 Å². The zero-order chi connectivity index (χ0) is 54.4. The summed E-state index contributed by atoms with van der Waals surface area (Å²) in [5, 5.41) is 4.23. The van der Waals surface area contributed by atoms with Crippen molar-refractivity contribution in [2.75, 3.05) is 13.7 Å². The molecule has 0 radical (unpaired) electrons. The van der Waals surface area contributed by atoms with Crippen LogP contribution in [0.15, 0.2) is 243 Å². The van der Waals surface area contributed by atoms with Gasteiger partial charge in [-0.2, -0.15) is 0 Å². The van der Waals surface area contributed by atoms with Crippen molar-refractivity contribution in [2.45, 2.75) is 120 Å². The van der Waals surface area contributed by atoms with Crippen molar-refractivity contribution in [3.05, 3.63) is 287 Å². The Labute approximate surface area is 471 Å². The van der Waals surface area contributed by atoms with Gasteiger partial charge in [0, 0.05) is 7.11 Å². The molecule has 1 heterocycles. The topological polar surface area (TPSA) is 104 Å². The molecule has 1 aliphatic heterocycles. The van der Waals surface area contributed by atoms with Crippen molar-refractivity contribution in [1.82, 2.24) is 5.32 Å². The van der Waals surface area contributed by atoms with Crippen molar-refractivity contribution in [2.24, 2.45) is 0 Å². The van der Waals surface area contributed by atoms with E-state index in [1.165, 1.54) is 0 Å². The Morgan fingerprint density at radius 2 is 0.525 bits per heavy atom. The fraction of sp³-hybridized carbons (Fsp3) is 0.304. The van der Waals surface area contributed by atoms with Gasteiger partial charge in [0.05, 0.1) is 71.5 Å². The van der Waals surface area contributed by atoms with E-state index in [0.29, 0.717) is 6.61 Å². The maximum absolute atomic E-state index is 7.45. The van der Waals surface area contributed by atoms with Crippen LogP contribution in [0.4, 0.5) is 0 Å². The second-order valence-corrected chi connectivity index (χ2v) is 20.3. The summed E-state index contributed by atoms with van der Waals surface area (Å²) in [5.74, 6) is 0. The Hall–Kier alpha value is -6.68. The first-order valence-corrected chi connectivity index (χ1v) is 27.8. The van der Waals surface area contributed by atoms with E-state index in [1.807, 2.05) is 146 Å². The SMILES string of the molecule is CO[C@H]1O[C@H](COCc2ccccc2)[C@@H](OCc2ccccc2)[C@H](NC2[C@H](OCc3ccccc3)[C@H](OCc3ccccc3)C(OCc3ccccc3)[C@H](OCc3ccccc3)[C@H]2OCc2ccccc2)[C@H]1OCc1ccccc1. The molecular formula is C69H73NO10. The molecule has 0 aromatic heterocycles. The molecule has 8 aromatic rings. The van der Waals surface area contributed by atoms with Crippen molar-refractivity contribution in [1.29, 1.82) is 0 Å². The number of methoxy groups -OCH3 is 1. The van der Waals surface area contributed by atoms with Crippen LogP contribution in [0.1, 0.15) is 44.5 Å². The number of rotatable bonds is 28. The van der Waals surface area contributed by atoms with E-state index in [2.05, 4.69) is 102 Å². The highest BCUT2D eigenvalue weighted by Gasteiger charge is 2.57. The lowest BCUT2D eigenvalue weighted by Gasteiger charge is -2.53. The molecule has 414 valence electrons. The quantitative estimate of drug-likeness (QED) is 0.0507. The molecule has 11 heteroatoms. The van der Waals surface area contributed by atoms with Crippen LogP contribution in [0, 0.1) is 0 Å². The molecule has 0 bridgehead atoms. The maximum Gasteiger partial charge on any atom is 0.185 e. The monoisotopic (exact) mass is 1080 g/mol. The van der Waals surface area contributed by atoms with Crippen molar-refractivity contribution in [3.8, 4) is 0 Å². The van der Waals surface area contributed by atoms with Gasteiger partial charge in [-0.25, -0.2) is 0 Å². The average Bonchev–Trinajstić information content (AvgIpc) is 3.56. The van der Waals surface area contributed by atoms with Gasteiger partial charge in [-0.15, -0.1) is 0 Å². The molecule has 2 aliphatic rings. The molecule has 11 nitrogen and oxygen atoms in total. The molecule has 0 spiro atoms. The first-order chi connectivity index (χ1) is 39.6. The molecule has 8 aromatic carbocycles. The van der Waals surface area contributed by atoms with E-state index in [4.69, 9.17) is 47.4 Å². The smallest absolute Gasteiger partial charge is 0.185 e. The molecule has 1 saturated carbocycles. The molecule has 1 saturated heterocycles. The van der Waals surface area contributed by atoms with Crippen molar-refractivity contribution < 1.29 is 47.4 Å². The third-order valence-corrected chi connectivity index (χ3v) is 14.7. The lowest BCUT2D eigenvalue weighted by Crippen LogP contribution is -2.75. The Morgan fingerprint density at radius 3 is 0.825 bits per heavy atom. The summed E-state index contributed by atoms with van der Waals surface area (Å²) < 4.78 is 71.2.